The van der Waals surface area contributed by atoms with Crippen molar-refractivity contribution in [3.8, 4) is 0 Å². The Kier molecular flexibility index (Phi) is 7.69. The predicted molar refractivity (Wildman–Crippen MR) is 69.2 cm³/mol. The van der Waals surface area contributed by atoms with Crippen molar-refractivity contribution >= 4 is 5.84 Å². The highest BCUT2D eigenvalue weighted by Crippen LogP contribution is 2.09. The van der Waals surface area contributed by atoms with Gasteiger partial charge in [0.25, 0.3) is 0 Å². The van der Waals surface area contributed by atoms with Gasteiger partial charge in [0.2, 0.25) is 0 Å². The molecule has 0 aromatic rings. The number of aliphatic imine (C=N–C) groups is 1. The van der Waals surface area contributed by atoms with Gasteiger partial charge in [-0.05, 0) is 39.5 Å². The summed E-state index contributed by atoms with van der Waals surface area (Å²) in [6, 6.07) is 0. The maximum atomic E-state index is 4.03. The van der Waals surface area contributed by atoms with Gasteiger partial charge in [-0.2, -0.15) is 0 Å². The summed E-state index contributed by atoms with van der Waals surface area (Å²) in [5.41, 5.74) is 2.54. The number of allylic oxidation sites excluding steroid dienone is 3. The average molecular weight is 208 g/mol. The molecule has 1 N–H and O–H groups in total. The summed E-state index contributed by atoms with van der Waals surface area (Å²) < 4.78 is 0. The fourth-order valence-electron chi connectivity index (χ4n) is 1.41. The topological polar surface area (TPSA) is 24.4 Å². The number of amidine groups is 1. The van der Waals surface area contributed by atoms with E-state index >= 15 is 0 Å². The lowest BCUT2D eigenvalue weighted by Crippen LogP contribution is -2.18. The van der Waals surface area contributed by atoms with Gasteiger partial charge in [0.05, 0.1) is 5.84 Å². The summed E-state index contributed by atoms with van der Waals surface area (Å²) in [6.45, 7) is 10.3. The van der Waals surface area contributed by atoms with Gasteiger partial charge in [0.15, 0.2) is 0 Å². The second kappa shape index (κ2) is 8.27. The van der Waals surface area contributed by atoms with E-state index in [2.05, 4.69) is 36.8 Å². The van der Waals surface area contributed by atoms with Crippen molar-refractivity contribution in [2.75, 3.05) is 7.05 Å². The monoisotopic (exact) mass is 208 g/mol. The lowest BCUT2D eigenvalue weighted by Gasteiger charge is -2.08. The molecule has 15 heavy (non-hydrogen) atoms. The Morgan fingerprint density at radius 3 is 2.53 bits per heavy atom. The lowest BCUT2D eigenvalue weighted by atomic mass is 10.1. The third-order valence-corrected chi connectivity index (χ3v) is 2.30. The second-order valence-electron chi connectivity index (χ2n) is 3.85. The zero-order valence-corrected chi connectivity index (χ0v) is 10.6. The minimum atomic E-state index is 0.931. The van der Waals surface area contributed by atoms with Crippen molar-refractivity contribution in [1.82, 2.24) is 5.32 Å². The molecular weight excluding hydrogens is 184 g/mol. The molecule has 0 atom stereocenters. The predicted octanol–water partition coefficient (Wildman–Crippen LogP) is 3.66. The lowest BCUT2D eigenvalue weighted by molar-refractivity contribution is 0.776. The number of nitrogens with zero attached hydrogens (tertiary/aromatic N) is 1. The Bertz CT molecular complexity index is 249. The SMILES string of the molecule is C=C(CCC/C(C)=C/CC)N/C(C)=N/C. The standard InChI is InChI=1S/C13H24N2/c1-6-8-11(2)9-7-10-12(3)15-13(4)14-5/h8H,3,6-7,9-10H2,1-2,4-5H3,(H,14,15)/b11-8+. The summed E-state index contributed by atoms with van der Waals surface area (Å²) in [4.78, 5) is 4.03. The van der Waals surface area contributed by atoms with Crippen molar-refractivity contribution in [2.45, 2.75) is 46.5 Å². The van der Waals surface area contributed by atoms with Gasteiger partial charge in [0, 0.05) is 12.7 Å². The molecule has 86 valence electrons. The first-order chi connectivity index (χ1) is 7.10. The van der Waals surface area contributed by atoms with Crippen LogP contribution in [0.1, 0.15) is 46.5 Å². The van der Waals surface area contributed by atoms with Crippen LogP contribution in [0.15, 0.2) is 28.9 Å². The Hall–Kier alpha value is -1.05. The molecule has 0 rings (SSSR count). The molecule has 0 saturated carbocycles. The normalized spacial score (nSPS) is 12.8. The zero-order valence-electron chi connectivity index (χ0n) is 10.6. The fourth-order valence-corrected chi connectivity index (χ4v) is 1.41. The highest BCUT2D eigenvalue weighted by Gasteiger charge is 1.96. The van der Waals surface area contributed by atoms with E-state index in [-0.39, 0.29) is 0 Å². The minimum Gasteiger partial charge on any atom is -0.348 e. The van der Waals surface area contributed by atoms with Crippen LogP contribution in [0.25, 0.3) is 0 Å². The molecule has 0 amide bonds. The molecule has 0 spiro atoms. The summed E-state index contributed by atoms with van der Waals surface area (Å²) in [7, 11) is 1.78. The van der Waals surface area contributed by atoms with E-state index in [4.69, 9.17) is 0 Å². The zero-order chi connectivity index (χ0) is 11.7. The van der Waals surface area contributed by atoms with Crippen molar-refractivity contribution in [2.24, 2.45) is 4.99 Å². The first-order valence-electron chi connectivity index (χ1n) is 5.64. The number of hydrogen-bond acceptors (Lipinski definition) is 1. The average Bonchev–Trinajstić information content (AvgIpc) is 2.18. The molecule has 0 aliphatic rings. The van der Waals surface area contributed by atoms with Crippen LogP contribution >= 0.6 is 0 Å². The van der Waals surface area contributed by atoms with Crippen molar-refractivity contribution in [3.63, 3.8) is 0 Å². The molecule has 0 aliphatic carbocycles. The molecule has 0 bridgehead atoms. The molecular formula is C13H24N2. The van der Waals surface area contributed by atoms with E-state index < -0.39 is 0 Å². The van der Waals surface area contributed by atoms with Gasteiger partial charge in [-0.1, -0.05) is 25.2 Å². The summed E-state index contributed by atoms with van der Waals surface area (Å²) >= 11 is 0. The fraction of sp³-hybridized carbons (Fsp3) is 0.615. The highest BCUT2D eigenvalue weighted by atomic mass is 15.0. The maximum Gasteiger partial charge on any atom is 0.0969 e. The van der Waals surface area contributed by atoms with Crippen LogP contribution in [0, 0.1) is 0 Å². The van der Waals surface area contributed by atoms with Gasteiger partial charge >= 0.3 is 0 Å². The van der Waals surface area contributed by atoms with Gasteiger partial charge in [-0.15, -0.1) is 0 Å². The van der Waals surface area contributed by atoms with E-state index in [0.29, 0.717) is 0 Å². The van der Waals surface area contributed by atoms with Crippen LogP contribution in [-0.2, 0) is 0 Å². The summed E-state index contributed by atoms with van der Waals surface area (Å²) in [5.74, 6) is 0.931. The van der Waals surface area contributed by atoms with E-state index in [1.807, 2.05) is 6.92 Å². The molecule has 0 saturated heterocycles. The molecule has 0 fully saturated rings. The largest absolute Gasteiger partial charge is 0.348 e. The number of nitrogens with one attached hydrogen (secondary N) is 1. The van der Waals surface area contributed by atoms with Crippen molar-refractivity contribution in [1.29, 1.82) is 0 Å². The van der Waals surface area contributed by atoms with Crippen LogP contribution in [0.3, 0.4) is 0 Å². The molecule has 2 heteroatoms. The van der Waals surface area contributed by atoms with E-state index in [1.165, 1.54) is 5.57 Å². The molecule has 0 aromatic carbocycles. The third-order valence-electron chi connectivity index (χ3n) is 2.30. The van der Waals surface area contributed by atoms with Crippen LogP contribution in [0.2, 0.25) is 0 Å². The summed E-state index contributed by atoms with van der Waals surface area (Å²) in [5, 5.41) is 3.17. The van der Waals surface area contributed by atoms with E-state index in [0.717, 1.165) is 37.2 Å². The molecule has 2 nitrogen and oxygen atoms in total. The Morgan fingerprint density at radius 2 is 2.00 bits per heavy atom. The van der Waals surface area contributed by atoms with Crippen LogP contribution in [-0.4, -0.2) is 12.9 Å². The first-order valence-corrected chi connectivity index (χ1v) is 5.64. The molecule has 0 radical (unpaired) electrons. The van der Waals surface area contributed by atoms with Crippen LogP contribution in [0.4, 0.5) is 0 Å². The molecule has 0 aliphatic heterocycles. The minimum absolute atomic E-state index is 0.931. The van der Waals surface area contributed by atoms with Crippen molar-refractivity contribution in [3.05, 3.63) is 23.9 Å². The molecule has 0 unspecified atom stereocenters. The first kappa shape index (κ1) is 13.9. The Labute approximate surface area is 94.2 Å². The second-order valence-corrected chi connectivity index (χ2v) is 3.85. The molecule has 0 aromatic heterocycles. The van der Waals surface area contributed by atoms with Crippen molar-refractivity contribution < 1.29 is 0 Å². The maximum absolute atomic E-state index is 4.03. The Balaban J connectivity index is 3.69. The smallest absolute Gasteiger partial charge is 0.0969 e. The van der Waals surface area contributed by atoms with Gasteiger partial charge in [0.1, 0.15) is 0 Å². The Morgan fingerprint density at radius 1 is 1.33 bits per heavy atom. The van der Waals surface area contributed by atoms with Crippen LogP contribution < -0.4 is 5.32 Å². The van der Waals surface area contributed by atoms with Gasteiger partial charge < -0.3 is 5.32 Å². The van der Waals surface area contributed by atoms with E-state index in [1.54, 1.807) is 7.05 Å². The van der Waals surface area contributed by atoms with Gasteiger partial charge in [-0.3, -0.25) is 4.99 Å². The molecule has 0 heterocycles. The van der Waals surface area contributed by atoms with Crippen LogP contribution in [0.5, 0.6) is 0 Å². The quantitative estimate of drug-likeness (QED) is 0.402. The number of hydrogen-bond donors (Lipinski definition) is 1. The van der Waals surface area contributed by atoms with E-state index in [9.17, 15) is 0 Å². The third kappa shape index (κ3) is 7.98. The highest BCUT2D eigenvalue weighted by molar-refractivity contribution is 5.80. The van der Waals surface area contributed by atoms with Gasteiger partial charge in [-0.25, -0.2) is 0 Å². The summed E-state index contributed by atoms with van der Waals surface area (Å²) in [6.07, 6.45) is 6.76. The number of rotatable bonds is 6.